The number of carbonyl (C=O) groups is 1. The molecule has 0 aliphatic heterocycles. The maximum Gasteiger partial charge on any atom is 0.503 e. The first-order chi connectivity index (χ1) is 4.65. The van der Waals surface area contributed by atoms with Crippen molar-refractivity contribution in [3.63, 3.8) is 0 Å². The number of rotatable bonds is 1. The summed E-state index contributed by atoms with van der Waals surface area (Å²) in [5.74, 6) is 0. The van der Waals surface area contributed by atoms with E-state index in [2.05, 4.69) is 0 Å². The Balaban J connectivity index is 0. The summed E-state index contributed by atoms with van der Waals surface area (Å²) in [5.41, 5.74) is 0. The summed E-state index contributed by atoms with van der Waals surface area (Å²) < 4.78 is 0. The summed E-state index contributed by atoms with van der Waals surface area (Å²) in [6.45, 7) is 0. The molecule has 0 saturated carbocycles. The van der Waals surface area contributed by atoms with Crippen LogP contribution >= 0.6 is 0 Å². The zero-order valence-electron chi connectivity index (χ0n) is 5.11. The fraction of sp³-hybridized carbons (Fsp3) is 0.400. The van der Waals surface area contributed by atoms with Crippen LogP contribution in [-0.4, -0.2) is 16.4 Å². The molecule has 0 fully saturated rings. The highest BCUT2D eigenvalue weighted by atomic mass is 16.6. The molecular formula is C5H6N2O3. The highest BCUT2D eigenvalue weighted by Gasteiger charge is 1.72. The van der Waals surface area contributed by atoms with E-state index in [1.807, 2.05) is 12.1 Å². The van der Waals surface area contributed by atoms with Crippen LogP contribution in [0.3, 0.4) is 0 Å². The number of carboxylic acid groups (broad SMARTS) is 2. The fourth-order valence-electron chi connectivity index (χ4n) is 0.112. The second-order valence-electron chi connectivity index (χ2n) is 1.10. The molecular weight excluding hydrogens is 136 g/mol. The van der Waals surface area contributed by atoms with E-state index < -0.39 is 6.16 Å². The zero-order valence-corrected chi connectivity index (χ0v) is 5.11. The van der Waals surface area contributed by atoms with Crippen LogP contribution in [0.1, 0.15) is 12.8 Å². The number of nitrogens with zero attached hydrogens (tertiary/aromatic N) is 2. The predicted octanol–water partition coefficient (Wildman–Crippen LogP) is 1.04. The first-order valence-corrected chi connectivity index (χ1v) is 2.31. The third-order valence-electron chi connectivity index (χ3n) is 0.349. The standard InChI is InChI=1S/C4H4N2.CH2O3/c5-3-1-2-4-6;2-1(3)4/h1-2H2;(H2,2,3,4). The van der Waals surface area contributed by atoms with E-state index in [0.29, 0.717) is 12.8 Å². The van der Waals surface area contributed by atoms with E-state index in [9.17, 15) is 0 Å². The summed E-state index contributed by atoms with van der Waals surface area (Å²) in [5, 5.41) is 29.5. The van der Waals surface area contributed by atoms with Gasteiger partial charge in [-0.1, -0.05) is 0 Å². The lowest BCUT2D eigenvalue weighted by molar-refractivity contribution is 0.137. The smallest absolute Gasteiger partial charge is 0.450 e. The highest BCUT2D eigenvalue weighted by molar-refractivity contribution is 5.53. The highest BCUT2D eigenvalue weighted by Crippen LogP contribution is 1.78. The average Bonchev–Trinajstić information content (AvgIpc) is 1.82. The molecule has 0 aromatic heterocycles. The molecule has 2 N–H and O–H groups in total. The van der Waals surface area contributed by atoms with Crippen LogP contribution in [0.15, 0.2) is 0 Å². The number of hydrogen-bond donors (Lipinski definition) is 2. The average molecular weight is 142 g/mol. The zero-order chi connectivity index (χ0) is 8.41. The molecule has 0 heterocycles. The van der Waals surface area contributed by atoms with Crippen molar-refractivity contribution in [1.82, 2.24) is 0 Å². The molecule has 0 aliphatic rings. The second-order valence-corrected chi connectivity index (χ2v) is 1.10. The first kappa shape index (κ1) is 11.1. The van der Waals surface area contributed by atoms with Gasteiger partial charge in [-0.15, -0.1) is 0 Å². The molecule has 0 aliphatic carbocycles. The van der Waals surface area contributed by atoms with Gasteiger partial charge >= 0.3 is 6.16 Å². The molecule has 0 bridgehead atoms. The quantitative estimate of drug-likeness (QED) is 0.532. The second kappa shape index (κ2) is 10.3. The molecule has 0 aromatic rings. The monoisotopic (exact) mass is 142 g/mol. The molecule has 5 heteroatoms. The van der Waals surface area contributed by atoms with E-state index in [1.54, 1.807) is 0 Å². The van der Waals surface area contributed by atoms with Crippen molar-refractivity contribution in [2.24, 2.45) is 0 Å². The Labute approximate surface area is 57.7 Å². The largest absolute Gasteiger partial charge is 0.503 e. The lowest BCUT2D eigenvalue weighted by atomic mass is 10.4. The van der Waals surface area contributed by atoms with Crippen LogP contribution in [-0.2, 0) is 0 Å². The van der Waals surface area contributed by atoms with E-state index in [4.69, 9.17) is 25.5 Å². The van der Waals surface area contributed by atoms with Crippen molar-refractivity contribution in [3.05, 3.63) is 0 Å². The van der Waals surface area contributed by atoms with E-state index in [0.717, 1.165) is 0 Å². The predicted molar refractivity (Wildman–Crippen MR) is 31.1 cm³/mol. The molecule has 54 valence electrons. The van der Waals surface area contributed by atoms with Gasteiger partial charge in [-0.2, -0.15) is 10.5 Å². The van der Waals surface area contributed by atoms with Crippen LogP contribution in [0.4, 0.5) is 4.79 Å². The van der Waals surface area contributed by atoms with Gasteiger partial charge < -0.3 is 10.2 Å². The van der Waals surface area contributed by atoms with E-state index in [1.165, 1.54) is 0 Å². The molecule has 0 rings (SSSR count). The molecule has 5 nitrogen and oxygen atoms in total. The fourth-order valence-corrected chi connectivity index (χ4v) is 0.112. The Hall–Kier alpha value is -1.75. The topological polar surface area (TPSA) is 105 Å². The summed E-state index contributed by atoms with van der Waals surface area (Å²) >= 11 is 0. The Bertz CT molecular complexity index is 147. The van der Waals surface area contributed by atoms with Gasteiger partial charge in [0.05, 0.1) is 12.1 Å². The Morgan fingerprint density at radius 3 is 1.50 bits per heavy atom. The Kier molecular flexibility index (Phi) is 11.4. The first-order valence-electron chi connectivity index (χ1n) is 2.31. The van der Waals surface area contributed by atoms with Crippen LogP contribution in [0, 0.1) is 22.7 Å². The number of nitriles is 2. The van der Waals surface area contributed by atoms with Crippen molar-refractivity contribution in [1.29, 1.82) is 10.5 Å². The van der Waals surface area contributed by atoms with E-state index in [-0.39, 0.29) is 0 Å². The minimum absolute atomic E-state index is 0.358. The molecule has 10 heavy (non-hydrogen) atoms. The molecule has 0 atom stereocenters. The van der Waals surface area contributed by atoms with Crippen LogP contribution in [0.5, 0.6) is 0 Å². The summed E-state index contributed by atoms with van der Waals surface area (Å²) in [4.78, 5) is 8.56. The summed E-state index contributed by atoms with van der Waals surface area (Å²) in [6, 6.07) is 3.69. The Morgan fingerprint density at radius 2 is 1.40 bits per heavy atom. The molecule has 0 saturated heterocycles. The molecule has 0 unspecified atom stereocenters. The van der Waals surface area contributed by atoms with Gasteiger partial charge in [0.15, 0.2) is 0 Å². The number of unbranched alkanes of at least 4 members (excludes halogenated alkanes) is 1. The third-order valence-corrected chi connectivity index (χ3v) is 0.349. The normalized spacial score (nSPS) is 5.80. The molecule has 0 spiro atoms. The molecule has 0 aromatic carbocycles. The van der Waals surface area contributed by atoms with Crippen molar-refractivity contribution in [3.8, 4) is 12.1 Å². The maximum atomic E-state index is 8.56. The lowest BCUT2D eigenvalue weighted by Crippen LogP contribution is -1.81. The minimum atomic E-state index is -1.83. The van der Waals surface area contributed by atoms with Crippen LogP contribution in [0.25, 0.3) is 0 Å². The number of hydrogen-bond acceptors (Lipinski definition) is 3. The van der Waals surface area contributed by atoms with Gasteiger partial charge in [-0.05, 0) is 0 Å². The van der Waals surface area contributed by atoms with Crippen molar-refractivity contribution >= 4 is 6.16 Å². The van der Waals surface area contributed by atoms with Crippen molar-refractivity contribution < 1.29 is 15.0 Å². The SMILES string of the molecule is N#CCCC#N.O=C(O)O. The van der Waals surface area contributed by atoms with Gasteiger partial charge in [0, 0.05) is 12.8 Å². The Morgan fingerprint density at radius 1 is 1.20 bits per heavy atom. The third kappa shape index (κ3) is 110. The van der Waals surface area contributed by atoms with Gasteiger partial charge in [0.25, 0.3) is 0 Å². The molecule has 0 radical (unpaired) electrons. The van der Waals surface area contributed by atoms with Gasteiger partial charge in [0.1, 0.15) is 0 Å². The van der Waals surface area contributed by atoms with Gasteiger partial charge in [0.2, 0.25) is 0 Å². The van der Waals surface area contributed by atoms with Crippen LogP contribution < -0.4 is 0 Å². The summed E-state index contributed by atoms with van der Waals surface area (Å²) in [7, 11) is 0. The molecule has 0 amide bonds. The van der Waals surface area contributed by atoms with Gasteiger partial charge in [-0.25, -0.2) is 4.79 Å². The lowest BCUT2D eigenvalue weighted by Gasteiger charge is -1.63. The van der Waals surface area contributed by atoms with Crippen molar-refractivity contribution in [2.45, 2.75) is 12.8 Å². The summed E-state index contributed by atoms with van der Waals surface area (Å²) in [6.07, 6.45) is -1.12. The maximum absolute atomic E-state index is 8.56. The van der Waals surface area contributed by atoms with Gasteiger partial charge in [-0.3, -0.25) is 0 Å². The van der Waals surface area contributed by atoms with E-state index >= 15 is 0 Å². The minimum Gasteiger partial charge on any atom is -0.450 e. The van der Waals surface area contributed by atoms with Crippen molar-refractivity contribution in [2.75, 3.05) is 0 Å². The van der Waals surface area contributed by atoms with Crippen LogP contribution in [0.2, 0.25) is 0 Å².